The Morgan fingerprint density at radius 2 is 2.22 bits per heavy atom. The highest BCUT2D eigenvalue weighted by atomic mass is 16.4. The number of carboxylic acid groups (broad SMARTS) is 1. The molecule has 1 heterocycles. The third kappa shape index (κ3) is 3.31. The van der Waals surface area contributed by atoms with E-state index in [4.69, 9.17) is 0 Å². The second kappa shape index (κ2) is 5.98. The third-order valence-corrected chi connectivity index (χ3v) is 3.40. The molecule has 0 bridgehead atoms. The molecule has 98 valence electrons. The van der Waals surface area contributed by atoms with Crippen molar-refractivity contribution in [3.8, 4) is 0 Å². The van der Waals surface area contributed by atoms with E-state index in [2.05, 4.69) is 17.1 Å². The zero-order valence-corrected chi connectivity index (χ0v) is 10.7. The Morgan fingerprint density at radius 3 is 2.83 bits per heavy atom. The van der Waals surface area contributed by atoms with Gasteiger partial charge in [0.05, 0.1) is 0 Å². The summed E-state index contributed by atoms with van der Waals surface area (Å²) in [6, 6.07) is 9.77. The van der Waals surface area contributed by atoms with Gasteiger partial charge >= 0.3 is 5.97 Å². The van der Waals surface area contributed by atoms with E-state index in [0.29, 0.717) is 12.5 Å². The van der Waals surface area contributed by atoms with Crippen molar-refractivity contribution in [1.29, 1.82) is 0 Å². The Morgan fingerprint density at radius 1 is 1.50 bits per heavy atom. The molecule has 4 heteroatoms. The van der Waals surface area contributed by atoms with Crippen LogP contribution in [0.4, 0.5) is 0 Å². The largest absolute Gasteiger partial charge is 0.480 e. The molecule has 1 aliphatic heterocycles. The predicted molar refractivity (Wildman–Crippen MR) is 70.6 cm³/mol. The van der Waals surface area contributed by atoms with E-state index in [1.807, 2.05) is 30.3 Å². The molecule has 0 unspecified atom stereocenters. The van der Waals surface area contributed by atoms with Gasteiger partial charge in [0.25, 0.3) is 0 Å². The molecule has 1 aromatic carbocycles. The van der Waals surface area contributed by atoms with Gasteiger partial charge in [-0.3, -0.25) is 9.69 Å². The number of hydrogen-bond acceptors (Lipinski definition) is 3. The first-order chi connectivity index (χ1) is 8.66. The molecule has 18 heavy (non-hydrogen) atoms. The molecule has 1 fully saturated rings. The minimum atomic E-state index is -0.729. The van der Waals surface area contributed by atoms with Crippen LogP contribution in [-0.2, 0) is 11.2 Å². The summed E-state index contributed by atoms with van der Waals surface area (Å²) in [7, 11) is 0. The first-order valence-electron chi connectivity index (χ1n) is 6.41. The molecule has 0 aromatic heterocycles. The second-order valence-corrected chi connectivity index (χ2v) is 4.89. The highest BCUT2D eigenvalue weighted by molar-refractivity contribution is 5.74. The lowest BCUT2D eigenvalue weighted by molar-refractivity contribution is -0.143. The lowest BCUT2D eigenvalue weighted by atomic mass is 10.0. The zero-order chi connectivity index (χ0) is 13.0. The van der Waals surface area contributed by atoms with Crippen LogP contribution in [0.15, 0.2) is 30.3 Å². The number of carboxylic acids is 1. The Balaban J connectivity index is 2.06. The molecule has 0 amide bonds. The molecule has 2 atom stereocenters. The maximum absolute atomic E-state index is 11.4. The standard InChI is InChI=1S/C14H20N2O2/c1-11-10-16(8-7-15-11)13(14(17)18)9-12-5-3-2-4-6-12/h2-6,11,13,15H,7-10H2,1H3,(H,17,18)/t11-,13-/m0/s1. The Hall–Kier alpha value is -1.39. The van der Waals surface area contributed by atoms with Gasteiger partial charge in [0.15, 0.2) is 0 Å². The Labute approximate surface area is 108 Å². The fourth-order valence-corrected chi connectivity index (χ4v) is 2.46. The van der Waals surface area contributed by atoms with Crippen LogP contribution in [0, 0.1) is 0 Å². The van der Waals surface area contributed by atoms with Crippen molar-refractivity contribution < 1.29 is 9.90 Å². The third-order valence-electron chi connectivity index (χ3n) is 3.40. The second-order valence-electron chi connectivity index (χ2n) is 4.89. The number of nitrogens with one attached hydrogen (secondary N) is 1. The minimum absolute atomic E-state index is 0.358. The molecule has 2 N–H and O–H groups in total. The summed E-state index contributed by atoms with van der Waals surface area (Å²) in [5.41, 5.74) is 1.08. The van der Waals surface area contributed by atoms with Crippen molar-refractivity contribution in [2.75, 3.05) is 19.6 Å². The van der Waals surface area contributed by atoms with Gasteiger partial charge in [-0.1, -0.05) is 30.3 Å². The summed E-state index contributed by atoms with van der Waals surface area (Å²) in [6.07, 6.45) is 0.572. The quantitative estimate of drug-likeness (QED) is 0.834. The van der Waals surface area contributed by atoms with E-state index in [1.165, 1.54) is 0 Å². The molecule has 0 saturated carbocycles. The van der Waals surface area contributed by atoms with Crippen molar-refractivity contribution in [3.05, 3.63) is 35.9 Å². The van der Waals surface area contributed by atoms with Crippen molar-refractivity contribution in [2.45, 2.75) is 25.4 Å². The number of hydrogen-bond donors (Lipinski definition) is 2. The summed E-state index contributed by atoms with van der Waals surface area (Å²) < 4.78 is 0. The summed E-state index contributed by atoms with van der Waals surface area (Å²) >= 11 is 0. The van der Waals surface area contributed by atoms with Crippen LogP contribution < -0.4 is 5.32 Å². The molecule has 1 aliphatic rings. The van der Waals surface area contributed by atoms with Gasteiger partial charge in [0.1, 0.15) is 6.04 Å². The number of benzene rings is 1. The Bertz CT molecular complexity index is 394. The van der Waals surface area contributed by atoms with Crippen LogP contribution >= 0.6 is 0 Å². The fourth-order valence-electron chi connectivity index (χ4n) is 2.46. The van der Waals surface area contributed by atoms with Crippen LogP contribution in [0.3, 0.4) is 0 Å². The van der Waals surface area contributed by atoms with E-state index < -0.39 is 12.0 Å². The number of piperazine rings is 1. The topological polar surface area (TPSA) is 52.6 Å². The number of carbonyl (C=O) groups is 1. The van der Waals surface area contributed by atoms with Crippen LogP contribution in [0.5, 0.6) is 0 Å². The monoisotopic (exact) mass is 248 g/mol. The lowest BCUT2D eigenvalue weighted by Gasteiger charge is -2.35. The van der Waals surface area contributed by atoms with E-state index in [0.717, 1.165) is 25.2 Å². The molecule has 1 saturated heterocycles. The smallest absolute Gasteiger partial charge is 0.321 e. The van der Waals surface area contributed by atoms with Crippen molar-refractivity contribution in [1.82, 2.24) is 10.2 Å². The summed E-state index contributed by atoms with van der Waals surface area (Å²) in [5.74, 6) is -0.729. The van der Waals surface area contributed by atoms with Gasteiger partial charge in [-0.05, 0) is 18.9 Å². The highest BCUT2D eigenvalue weighted by Gasteiger charge is 2.28. The van der Waals surface area contributed by atoms with Crippen molar-refractivity contribution in [3.63, 3.8) is 0 Å². The van der Waals surface area contributed by atoms with Crippen LogP contribution in [0.2, 0.25) is 0 Å². The van der Waals surface area contributed by atoms with Gasteiger partial charge in [0.2, 0.25) is 0 Å². The first-order valence-corrected chi connectivity index (χ1v) is 6.41. The van der Waals surface area contributed by atoms with Crippen LogP contribution in [-0.4, -0.2) is 47.7 Å². The fraction of sp³-hybridized carbons (Fsp3) is 0.500. The average Bonchev–Trinajstić information content (AvgIpc) is 2.37. The highest BCUT2D eigenvalue weighted by Crippen LogP contribution is 2.12. The van der Waals surface area contributed by atoms with Crippen molar-refractivity contribution in [2.24, 2.45) is 0 Å². The van der Waals surface area contributed by atoms with Gasteiger partial charge in [-0.15, -0.1) is 0 Å². The normalized spacial score (nSPS) is 22.6. The summed E-state index contributed by atoms with van der Waals surface area (Å²) in [6.45, 7) is 4.55. The molecular weight excluding hydrogens is 228 g/mol. The number of nitrogens with zero attached hydrogens (tertiary/aromatic N) is 1. The molecule has 4 nitrogen and oxygen atoms in total. The zero-order valence-electron chi connectivity index (χ0n) is 10.7. The van der Waals surface area contributed by atoms with Gasteiger partial charge in [0, 0.05) is 25.7 Å². The maximum Gasteiger partial charge on any atom is 0.321 e. The number of aliphatic carboxylic acids is 1. The van der Waals surface area contributed by atoms with E-state index in [1.54, 1.807) is 0 Å². The molecule has 0 radical (unpaired) electrons. The van der Waals surface area contributed by atoms with Gasteiger partial charge in [-0.2, -0.15) is 0 Å². The average molecular weight is 248 g/mol. The van der Waals surface area contributed by atoms with Gasteiger partial charge in [-0.25, -0.2) is 0 Å². The van der Waals surface area contributed by atoms with E-state index in [9.17, 15) is 9.90 Å². The minimum Gasteiger partial charge on any atom is -0.480 e. The summed E-state index contributed by atoms with van der Waals surface area (Å²) in [4.78, 5) is 13.5. The molecule has 0 aliphatic carbocycles. The molecule has 1 aromatic rings. The lowest BCUT2D eigenvalue weighted by Crippen LogP contribution is -2.55. The van der Waals surface area contributed by atoms with Crippen LogP contribution in [0.25, 0.3) is 0 Å². The predicted octanol–water partition coefficient (Wildman–Crippen LogP) is 0.976. The van der Waals surface area contributed by atoms with E-state index in [-0.39, 0.29) is 0 Å². The van der Waals surface area contributed by atoms with Crippen LogP contribution in [0.1, 0.15) is 12.5 Å². The SMILES string of the molecule is C[C@H]1CN([C@@H](Cc2ccccc2)C(=O)O)CCN1. The maximum atomic E-state index is 11.4. The molecule has 2 rings (SSSR count). The van der Waals surface area contributed by atoms with Crippen molar-refractivity contribution >= 4 is 5.97 Å². The summed E-state index contributed by atoms with van der Waals surface area (Å²) in [5, 5.41) is 12.7. The Kier molecular flexibility index (Phi) is 4.33. The molecular formula is C14H20N2O2. The van der Waals surface area contributed by atoms with Gasteiger partial charge < -0.3 is 10.4 Å². The van der Waals surface area contributed by atoms with E-state index >= 15 is 0 Å². The first kappa shape index (κ1) is 13.1. The molecule has 0 spiro atoms. The number of rotatable bonds is 4.